The van der Waals surface area contributed by atoms with Gasteiger partial charge in [0.2, 0.25) is 0 Å². The van der Waals surface area contributed by atoms with Crippen LogP contribution in [0.2, 0.25) is 0 Å². The number of aryl methyl sites for hydroxylation is 1. The summed E-state index contributed by atoms with van der Waals surface area (Å²) in [6, 6.07) is 9.52. The fourth-order valence-electron chi connectivity index (χ4n) is 3.53. The van der Waals surface area contributed by atoms with Crippen molar-refractivity contribution >= 4 is 17.2 Å². The summed E-state index contributed by atoms with van der Waals surface area (Å²) in [4.78, 5) is 19.7. The molecule has 5 rings (SSSR count). The van der Waals surface area contributed by atoms with Gasteiger partial charge < -0.3 is 9.73 Å². The molecule has 0 saturated carbocycles. The fourth-order valence-corrected chi connectivity index (χ4v) is 3.53. The Kier molecular flexibility index (Phi) is 3.31. The van der Waals surface area contributed by atoms with Crippen molar-refractivity contribution < 1.29 is 4.42 Å². The quantitative estimate of drug-likeness (QED) is 0.551. The van der Waals surface area contributed by atoms with Gasteiger partial charge in [-0.25, -0.2) is 4.98 Å². The number of aromatic nitrogens is 3. The number of benzene rings is 1. The summed E-state index contributed by atoms with van der Waals surface area (Å²) >= 11 is 0. The highest BCUT2D eigenvalue weighted by Gasteiger charge is 2.24. The zero-order chi connectivity index (χ0) is 17.5. The highest BCUT2D eigenvalue weighted by Crippen LogP contribution is 2.37. The predicted octanol–water partition coefficient (Wildman–Crippen LogP) is 4.49. The molecule has 0 aliphatic heterocycles. The second kappa shape index (κ2) is 5.80. The van der Waals surface area contributed by atoms with Crippen LogP contribution < -0.4 is 5.32 Å². The molecule has 1 atom stereocenters. The molecule has 0 fully saturated rings. The van der Waals surface area contributed by atoms with E-state index in [4.69, 9.17) is 4.42 Å². The third-order valence-electron chi connectivity index (χ3n) is 4.76. The van der Waals surface area contributed by atoms with Crippen LogP contribution in [0.15, 0.2) is 64.8 Å². The van der Waals surface area contributed by atoms with E-state index < -0.39 is 0 Å². The zero-order valence-electron chi connectivity index (χ0n) is 13.8. The Morgan fingerprint density at radius 2 is 2.27 bits per heavy atom. The van der Waals surface area contributed by atoms with Crippen molar-refractivity contribution in [1.29, 1.82) is 0 Å². The third kappa shape index (κ3) is 2.28. The van der Waals surface area contributed by atoms with Crippen molar-refractivity contribution in [2.24, 2.45) is 5.18 Å². The minimum Gasteiger partial charge on any atom is -0.463 e. The standard InChI is InChI=1S/C19H15N5O2/c25-23-15-6-3-12-10-13(4-5-14(12)15)21-19-18(16-2-1-9-26-16)22-17-11-20-7-8-24(17)19/h1-2,4-5,7-11,15,21H,3,6H2. The molecule has 7 heteroatoms. The molecule has 0 radical (unpaired) electrons. The first-order valence-electron chi connectivity index (χ1n) is 8.42. The zero-order valence-corrected chi connectivity index (χ0v) is 13.8. The minimum absolute atomic E-state index is 0.223. The van der Waals surface area contributed by atoms with Crippen LogP contribution >= 0.6 is 0 Å². The molecule has 0 spiro atoms. The van der Waals surface area contributed by atoms with Crippen LogP contribution in [-0.4, -0.2) is 14.4 Å². The van der Waals surface area contributed by atoms with Gasteiger partial charge in [-0.15, -0.1) is 0 Å². The molecule has 4 aromatic rings. The topological polar surface area (TPSA) is 84.8 Å². The van der Waals surface area contributed by atoms with Gasteiger partial charge >= 0.3 is 0 Å². The minimum atomic E-state index is -0.223. The molecule has 0 saturated heterocycles. The van der Waals surface area contributed by atoms with Crippen LogP contribution in [0.25, 0.3) is 17.1 Å². The summed E-state index contributed by atoms with van der Waals surface area (Å²) in [7, 11) is 0. The Bertz CT molecular complexity index is 1100. The summed E-state index contributed by atoms with van der Waals surface area (Å²) < 4.78 is 7.49. The van der Waals surface area contributed by atoms with E-state index in [1.54, 1.807) is 18.7 Å². The molecule has 0 amide bonds. The molecule has 1 N–H and O–H groups in total. The number of nitroso groups, excluding NO2 is 1. The van der Waals surface area contributed by atoms with E-state index in [-0.39, 0.29) is 6.04 Å². The van der Waals surface area contributed by atoms with Crippen molar-refractivity contribution in [3.63, 3.8) is 0 Å². The number of imidazole rings is 1. The number of rotatable bonds is 4. The van der Waals surface area contributed by atoms with E-state index in [9.17, 15) is 4.91 Å². The molecule has 1 unspecified atom stereocenters. The monoisotopic (exact) mass is 345 g/mol. The largest absolute Gasteiger partial charge is 0.463 e. The summed E-state index contributed by atoms with van der Waals surface area (Å²) in [6.07, 6.45) is 8.56. The smallest absolute Gasteiger partial charge is 0.157 e. The van der Waals surface area contributed by atoms with Crippen molar-refractivity contribution in [2.75, 3.05) is 5.32 Å². The van der Waals surface area contributed by atoms with Gasteiger partial charge in [0.1, 0.15) is 17.6 Å². The maximum absolute atomic E-state index is 10.9. The van der Waals surface area contributed by atoms with Crippen LogP contribution in [0.4, 0.5) is 11.5 Å². The summed E-state index contributed by atoms with van der Waals surface area (Å²) in [5.74, 6) is 1.49. The summed E-state index contributed by atoms with van der Waals surface area (Å²) in [5.41, 5.74) is 4.57. The summed E-state index contributed by atoms with van der Waals surface area (Å²) in [6.45, 7) is 0. The Balaban J connectivity index is 1.60. The molecule has 1 aliphatic rings. The average molecular weight is 345 g/mol. The lowest BCUT2D eigenvalue weighted by Crippen LogP contribution is -1.98. The lowest BCUT2D eigenvalue weighted by molar-refractivity contribution is 0.581. The number of nitrogens with one attached hydrogen (secondary N) is 1. The molecule has 1 aliphatic carbocycles. The lowest BCUT2D eigenvalue weighted by atomic mass is 10.1. The number of nitrogens with zero attached hydrogens (tertiary/aromatic N) is 4. The second-order valence-electron chi connectivity index (χ2n) is 6.29. The number of hydrogen-bond acceptors (Lipinski definition) is 6. The fraction of sp³-hybridized carbons (Fsp3) is 0.158. The van der Waals surface area contributed by atoms with Crippen molar-refractivity contribution in [2.45, 2.75) is 18.9 Å². The van der Waals surface area contributed by atoms with Gasteiger partial charge in [0, 0.05) is 18.1 Å². The van der Waals surface area contributed by atoms with Crippen LogP contribution in [0, 0.1) is 4.91 Å². The molecule has 1 aromatic carbocycles. The van der Waals surface area contributed by atoms with E-state index in [0.29, 0.717) is 5.76 Å². The van der Waals surface area contributed by atoms with Crippen molar-refractivity contribution in [3.05, 3.63) is 71.2 Å². The van der Waals surface area contributed by atoms with E-state index >= 15 is 0 Å². The maximum Gasteiger partial charge on any atom is 0.157 e. The lowest BCUT2D eigenvalue weighted by Gasteiger charge is -2.10. The first kappa shape index (κ1) is 14.8. The summed E-state index contributed by atoms with van der Waals surface area (Å²) in [5, 5.41) is 6.67. The first-order valence-corrected chi connectivity index (χ1v) is 8.42. The first-order chi connectivity index (χ1) is 12.8. The molecule has 3 aromatic heterocycles. The van der Waals surface area contributed by atoms with Gasteiger partial charge in [0.25, 0.3) is 0 Å². The Morgan fingerprint density at radius 1 is 1.31 bits per heavy atom. The molecule has 128 valence electrons. The number of hydrogen-bond donors (Lipinski definition) is 1. The molecule has 26 heavy (non-hydrogen) atoms. The van der Waals surface area contributed by atoms with Crippen LogP contribution in [0.3, 0.4) is 0 Å². The van der Waals surface area contributed by atoms with Gasteiger partial charge in [-0.2, -0.15) is 4.91 Å². The van der Waals surface area contributed by atoms with E-state index in [2.05, 4.69) is 26.5 Å². The molecular weight excluding hydrogens is 330 g/mol. The van der Waals surface area contributed by atoms with Gasteiger partial charge in [-0.3, -0.25) is 9.38 Å². The average Bonchev–Trinajstić information content (AvgIpc) is 3.40. The van der Waals surface area contributed by atoms with E-state index in [1.165, 1.54) is 0 Å². The Morgan fingerprint density at radius 3 is 3.12 bits per heavy atom. The predicted molar refractivity (Wildman–Crippen MR) is 97.3 cm³/mol. The highest BCUT2D eigenvalue weighted by atomic mass is 16.3. The van der Waals surface area contributed by atoms with E-state index in [0.717, 1.165) is 46.8 Å². The molecule has 0 bridgehead atoms. The Hall–Kier alpha value is -3.48. The van der Waals surface area contributed by atoms with Crippen LogP contribution in [-0.2, 0) is 6.42 Å². The second-order valence-corrected chi connectivity index (χ2v) is 6.29. The molecule has 3 heterocycles. The van der Waals surface area contributed by atoms with Crippen LogP contribution in [0.5, 0.6) is 0 Å². The molecule has 7 nitrogen and oxygen atoms in total. The van der Waals surface area contributed by atoms with Crippen LogP contribution in [0.1, 0.15) is 23.6 Å². The highest BCUT2D eigenvalue weighted by molar-refractivity contribution is 5.77. The Labute approximate surface area is 148 Å². The van der Waals surface area contributed by atoms with Crippen molar-refractivity contribution in [1.82, 2.24) is 14.4 Å². The van der Waals surface area contributed by atoms with Gasteiger partial charge in [-0.05, 0) is 48.2 Å². The van der Waals surface area contributed by atoms with Crippen molar-refractivity contribution in [3.8, 4) is 11.5 Å². The normalized spacial score (nSPS) is 15.9. The van der Waals surface area contributed by atoms with E-state index in [1.807, 2.05) is 34.9 Å². The SMILES string of the molecule is O=NC1CCc2cc(Nc3c(-c4ccco4)nc4cnccn34)ccc21. The number of fused-ring (bicyclic) bond motifs is 2. The maximum atomic E-state index is 10.9. The number of furan rings is 1. The van der Waals surface area contributed by atoms with Gasteiger partial charge in [0.15, 0.2) is 11.4 Å². The van der Waals surface area contributed by atoms with Gasteiger partial charge in [-0.1, -0.05) is 11.2 Å². The number of anilines is 2. The third-order valence-corrected chi connectivity index (χ3v) is 4.76. The van der Waals surface area contributed by atoms with Gasteiger partial charge in [0.05, 0.1) is 12.5 Å². The molecular formula is C19H15N5O2.